The second-order valence-electron chi connectivity index (χ2n) is 3.68. The molecule has 0 saturated carbocycles. The molecule has 16 heavy (non-hydrogen) atoms. The molecule has 0 bridgehead atoms. The molecule has 1 aromatic heterocycles. The number of amides is 2. The number of carbonyl (C=O) groups excluding carboxylic acids is 1. The Bertz CT molecular complexity index is 300. The molecule has 0 saturated heterocycles. The minimum atomic E-state index is -0.111. The smallest absolute Gasteiger partial charge is 0.315 e. The second-order valence-corrected chi connectivity index (χ2v) is 3.68. The van der Waals surface area contributed by atoms with Gasteiger partial charge >= 0.3 is 6.03 Å². The van der Waals surface area contributed by atoms with E-state index in [2.05, 4.69) is 22.5 Å². The van der Waals surface area contributed by atoms with Crippen molar-refractivity contribution in [2.45, 2.75) is 32.7 Å². The van der Waals surface area contributed by atoms with Gasteiger partial charge in [-0.25, -0.2) is 4.79 Å². The molecule has 0 aliphatic heterocycles. The molecule has 88 valence electrons. The highest BCUT2D eigenvalue weighted by Gasteiger charge is 1.98. The molecule has 0 aromatic carbocycles. The van der Waals surface area contributed by atoms with E-state index in [0.717, 1.165) is 24.9 Å². The maximum atomic E-state index is 11.3. The molecule has 1 aromatic rings. The van der Waals surface area contributed by atoms with Crippen LogP contribution in [0.3, 0.4) is 0 Å². The van der Waals surface area contributed by atoms with Crippen LogP contribution in [-0.2, 0) is 6.54 Å². The van der Waals surface area contributed by atoms with E-state index in [0.29, 0.717) is 6.54 Å². The van der Waals surface area contributed by atoms with Gasteiger partial charge in [0.15, 0.2) is 0 Å². The van der Waals surface area contributed by atoms with Crippen LogP contribution in [0, 0.1) is 0 Å². The molecule has 1 heterocycles. The SMILES string of the molecule is CCCCCNC(=O)NCc1cccnc1. The molecule has 4 heteroatoms. The van der Waals surface area contributed by atoms with Crippen molar-refractivity contribution in [3.63, 3.8) is 0 Å². The van der Waals surface area contributed by atoms with Crippen molar-refractivity contribution in [1.82, 2.24) is 15.6 Å². The Balaban J connectivity index is 2.11. The fraction of sp³-hybridized carbons (Fsp3) is 0.500. The average Bonchev–Trinajstić information content (AvgIpc) is 2.33. The summed E-state index contributed by atoms with van der Waals surface area (Å²) in [5.41, 5.74) is 1.01. The van der Waals surface area contributed by atoms with Crippen molar-refractivity contribution in [1.29, 1.82) is 0 Å². The Labute approximate surface area is 96.5 Å². The maximum Gasteiger partial charge on any atom is 0.315 e. The summed E-state index contributed by atoms with van der Waals surface area (Å²) in [6, 6.07) is 3.68. The molecule has 0 atom stereocenters. The first-order valence-electron chi connectivity index (χ1n) is 5.73. The first kappa shape index (κ1) is 12.5. The van der Waals surface area contributed by atoms with Crippen LogP contribution in [0.5, 0.6) is 0 Å². The molecule has 0 unspecified atom stereocenters. The number of urea groups is 1. The van der Waals surface area contributed by atoms with Gasteiger partial charge in [0.05, 0.1) is 0 Å². The van der Waals surface area contributed by atoms with Gasteiger partial charge in [0.25, 0.3) is 0 Å². The van der Waals surface area contributed by atoms with Crippen LogP contribution in [0.1, 0.15) is 31.7 Å². The molecule has 0 spiro atoms. The number of unbranched alkanes of at least 4 members (excludes halogenated alkanes) is 2. The van der Waals surface area contributed by atoms with Gasteiger partial charge in [0.2, 0.25) is 0 Å². The first-order chi connectivity index (χ1) is 7.83. The summed E-state index contributed by atoms with van der Waals surface area (Å²) in [5.74, 6) is 0. The maximum absolute atomic E-state index is 11.3. The lowest BCUT2D eigenvalue weighted by atomic mass is 10.2. The number of hydrogen-bond donors (Lipinski definition) is 2. The highest BCUT2D eigenvalue weighted by Crippen LogP contribution is 1.94. The van der Waals surface area contributed by atoms with Gasteiger partial charge in [-0.15, -0.1) is 0 Å². The van der Waals surface area contributed by atoms with Crippen LogP contribution >= 0.6 is 0 Å². The van der Waals surface area contributed by atoms with E-state index in [4.69, 9.17) is 0 Å². The van der Waals surface area contributed by atoms with Crippen molar-refractivity contribution in [2.75, 3.05) is 6.54 Å². The third-order valence-corrected chi connectivity index (χ3v) is 2.24. The van der Waals surface area contributed by atoms with Crippen LogP contribution in [0.25, 0.3) is 0 Å². The number of hydrogen-bond acceptors (Lipinski definition) is 2. The van der Waals surface area contributed by atoms with Gasteiger partial charge < -0.3 is 10.6 Å². The van der Waals surface area contributed by atoms with E-state index < -0.39 is 0 Å². The molecular formula is C12H19N3O. The topological polar surface area (TPSA) is 54.0 Å². The summed E-state index contributed by atoms with van der Waals surface area (Å²) >= 11 is 0. The van der Waals surface area contributed by atoms with Crippen molar-refractivity contribution in [3.05, 3.63) is 30.1 Å². The number of rotatable bonds is 6. The highest BCUT2D eigenvalue weighted by atomic mass is 16.2. The minimum absolute atomic E-state index is 0.111. The fourth-order valence-electron chi connectivity index (χ4n) is 1.32. The molecule has 0 radical (unpaired) electrons. The normalized spacial score (nSPS) is 9.81. The van der Waals surface area contributed by atoms with Crippen LogP contribution in [0.15, 0.2) is 24.5 Å². The standard InChI is InChI=1S/C12H19N3O/c1-2-3-4-8-14-12(16)15-10-11-6-5-7-13-9-11/h5-7,9H,2-4,8,10H2,1H3,(H2,14,15,16). The number of carbonyl (C=O) groups is 1. The molecule has 2 amide bonds. The number of nitrogens with one attached hydrogen (secondary N) is 2. The summed E-state index contributed by atoms with van der Waals surface area (Å²) in [4.78, 5) is 15.3. The number of pyridine rings is 1. The Morgan fingerprint density at radius 1 is 1.38 bits per heavy atom. The fourth-order valence-corrected chi connectivity index (χ4v) is 1.32. The molecule has 1 rings (SSSR count). The lowest BCUT2D eigenvalue weighted by Crippen LogP contribution is -2.35. The zero-order valence-corrected chi connectivity index (χ0v) is 9.70. The predicted octanol–water partition coefficient (Wildman–Crippen LogP) is 2.07. The zero-order valence-electron chi connectivity index (χ0n) is 9.70. The summed E-state index contributed by atoms with van der Waals surface area (Å²) in [5, 5.41) is 5.60. The first-order valence-corrected chi connectivity index (χ1v) is 5.73. The lowest BCUT2D eigenvalue weighted by molar-refractivity contribution is 0.240. The molecule has 0 aliphatic carbocycles. The largest absolute Gasteiger partial charge is 0.338 e. The van der Waals surface area contributed by atoms with E-state index in [1.54, 1.807) is 12.4 Å². The highest BCUT2D eigenvalue weighted by molar-refractivity contribution is 5.73. The number of nitrogens with zero attached hydrogens (tertiary/aromatic N) is 1. The summed E-state index contributed by atoms with van der Waals surface area (Å²) in [6.07, 6.45) is 6.82. The molecule has 0 aliphatic rings. The van der Waals surface area contributed by atoms with E-state index in [9.17, 15) is 4.79 Å². The lowest BCUT2D eigenvalue weighted by Gasteiger charge is -2.06. The monoisotopic (exact) mass is 221 g/mol. The Morgan fingerprint density at radius 2 is 2.25 bits per heavy atom. The van der Waals surface area contributed by atoms with Crippen LogP contribution < -0.4 is 10.6 Å². The molecule has 2 N–H and O–H groups in total. The van der Waals surface area contributed by atoms with E-state index in [-0.39, 0.29) is 6.03 Å². The van der Waals surface area contributed by atoms with Gasteiger partial charge in [-0.05, 0) is 18.1 Å². The molecule has 0 fully saturated rings. The van der Waals surface area contributed by atoms with Crippen molar-refractivity contribution >= 4 is 6.03 Å². The third kappa shape index (κ3) is 5.34. The summed E-state index contributed by atoms with van der Waals surface area (Å²) < 4.78 is 0. The minimum Gasteiger partial charge on any atom is -0.338 e. The van der Waals surface area contributed by atoms with Crippen molar-refractivity contribution < 1.29 is 4.79 Å². The van der Waals surface area contributed by atoms with Crippen LogP contribution in [-0.4, -0.2) is 17.6 Å². The number of aromatic nitrogens is 1. The average molecular weight is 221 g/mol. The van der Waals surface area contributed by atoms with Gasteiger partial charge in [0, 0.05) is 25.5 Å². The Morgan fingerprint density at radius 3 is 2.94 bits per heavy atom. The van der Waals surface area contributed by atoms with Gasteiger partial charge in [-0.1, -0.05) is 25.8 Å². The van der Waals surface area contributed by atoms with E-state index >= 15 is 0 Å². The predicted molar refractivity (Wildman–Crippen MR) is 64.0 cm³/mol. The summed E-state index contributed by atoms with van der Waals surface area (Å²) in [6.45, 7) is 3.41. The summed E-state index contributed by atoms with van der Waals surface area (Å²) in [7, 11) is 0. The van der Waals surface area contributed by atoms with E-state index in [1.807, 2.05) is 12.1 Å². The van der Waals surface area contributed by atoms with Crippen molar-refractivity contribution in [2.24, 2.45) is 0 Å². The van der Waals surface area contributed by atoms with Gasteiger partial charge in [0.1, 0.15) is 0 Å². The molecular weight excluding hydrogens is 202 g/mol. The Kier molecular flexibility index (Phi) is 5.99. The van der Waals surface area contributed by atoms with E-state index in [1.165, 1.54) is 6.42 Å². The van der Waals surface area contributed by atoms with Crippen molar-refractivity contribution in [3.8, 4) is 0 Å². The second kappa shape index (κ2) is 7.68. The third-order valence-electron chi connectivity index (χ3n) is 2.24. The van der Waals surface area contributed by atoms with Gasteiger partial charge in [-0.2, -0.15) is 0 Å². The van der Waals surface area contributed by atoms with Crippen LogP contribution in [0.4, 0.5) is 4.79 Å². The zero-order chi connectivity index (χ0) is 11.6. The van der Waals surface area contributed by atoms with Gasteiger partial charge in [-0.3, -0.25) is 4.98 Å². The molecule has 4 nitrogen and oxygen atoms in total. The van der Waals surface area contributed by atoms with Crippen LogP contribution in [0.2, 0.25) is 0 Å². The Hall–Kier alpha value is -1.58. The quantitative estimate of drug-likeness (QED) is 0.722.